The molecule has 10 heteroatoms. The van der Waals surface area contributed by atoms with Gasteiger partial charge in [0.15, 0.2) is 5.78 Å². The minimum atomic E-state index is -5.92. The SMILES string of the molecule is O=C1C=C(c2ccc(S(=O)(=O)C(F)(F)F)c3c2CC(F)(F)C3O)CCC1. The number of halogens is 5. The summed E-state index contributed by atoms with van der Waals surface area (Å²) in [7, 11) is -5.92. The van der Waals surface area contributed by atoms with Crippen molar-refractivity contribution in [3.05, 3.63) is 34.9 Å². The Labute approximate surface area is 145 Å². The molecule has 2 aliphatic rings. The molecule has 26 heavy (non-hydrogen) atoms. The van der Waals surface area contributed by atoms with E-state index in [2.05, 4.69) is 0 Å². The molecule has 0 saturated carbocycles. The average Bonchev–Trinajstić information content (AvgIpc) is 2.75. The number of benzene rings is 1. The van der Waals surface area contributed by atoms with Crippen molar-refractivity contribution in [2.75, 3.05) is 0 Å². The number of hydrogen-bond donors (Lipinski definition) is 1. The van der Waals surface area contributed by atoms with Gasteiger partial charge in [-0.05, 0) is 41.7 Å². The third kappa shape index (κ3) is 2.84. The number of aliphatic hydroxyl groups is 1. The highest BCUT2D eigenvalue weighted by Crippen LogP contribution is 2.50. The van der Waals surface area contributed by atoms with Gasteiger partial charge in [-0.25, -0.2) is 17.2 Å². The predicted octanol–water partition coefficient (Wildman–Crippen LogP) is 3.34. The van der Waals surface area contributed by atoms with E-state index in [1.165, 1.54) is 6.08 Å². The second-order valence-corrected chi connectivity index (χ2v) is 8.19. The fourth-order valence-corrected chi connectivity index (χ4v) is 4.36. The molecule has 3 rings (SSSR count). The molecule has 1 atom stereocenters. The third-order valence-electron chi connectivity index (χ3n) is 4.55. The van der Waals surface area contributed by atoms with Gasteiger partial charge < -0.3 is 5.11 Å². The van der Waals surface area contributed by atoms with E-state index in [-0.39, 0.29) is 23.3 Å². The van der Waals surface area contributed by atoms with Crippen molar-refractivity contribution in [1.82, 2.24) is 0 Å². The van der Waals surface area contributed by atoms with Gasteiger partial charge in [-0.1, -0.05) is 6.07 Å². The summed E-state index contributed by atoms with van der Waals surface area (Å²) in [5.74, 6) is -4.06. The monoisotopic (exact) mass is 396 g/mol. The van der Waals surface area contributed by atoms with Crippen molar-refractivity contribution in [2.24, 2.45) is 0 Å². The van der Waals surface area contributed by atoms with Crippen molar-refractivity contribution < 1.29 is 40.3 Å². The number of allylic oxidation sites excluding steroid dienone is 2. The van der Waals surface area contributed by atoms with Crippen LogP contribution < -0.4 is 0 Å². The first-order valence-electron chi connectivity index (χ1n) is 7.63. The topological polar surface area (TPSA) is 71.4 Å². The first kappa shape index (κ1) is 19.0. The molecule has 0 amide bonds. The molecule has 0 bridgehead atoms. The zero-order valence-corrected chi connectivity index (χ0v) is 13.9. The molecule has 0 aromatic heterocycles. The van der Waals surface area contributed by atoms with Crippen molar-refractivity contribution in [1.29, 1.82) is 0 Å². The molecule has 2 aliphatic carbocycles. The summed E-state index contributed by atoms with van der Waals surface area (Å²) in [5.41, 5.74) is -6.58. The highest BCUT2D eigenvalue weighted by molar-refractivity contribution is 7.92. The Morgan fingerprint density at radius 1 is 1.15 bits per heavy atom. The van der Waals surface area contributed by atoms with Gasteiger partial charge in [0.1, 0.15) is 6.10 Å². The lowest BCUT2D eigenvalue weighted by Gasteiger charge is -2.19. The molecule has 1 unspecified atom stereocenters. The summed E-state index contributed by atoms with van der Waals surface area (Å²) in [6, 6.07) is 1.57. The van der Waals surface area contributed by atoms with Gasteiger partial charge in [0, 0.05) is 18.4 Å². The maximum Gasteiger partial charge on any atom is 0.501 e. The number of alkyl halides is 5. The number of hydrogen-bond acceptors (Lipinski definition) is 4. The molecule has 0 fully saturated rings. The summed E-state index contributed by atoms with van der Waals surface area (Å²) in [6.45, 7) is 0. The zero-order valence-electron chi connectivity index (χ0n) is 13.1. The van der Waals surface area contributed by atoms with Crippen LogP contribution in [0.2, 0.25) is 0 Å². The summed E-state index contributed by atoms with van der Waals surface area (Å²) in [4.78, 5) is 10.2. The van der Waals surface area contributed by atoms with Crippen molar-refractivity contribution >= 4 is 21.2 Å². The van der Waals surface area contributed by atoms with E-state index in [4.69, 9.17) is 0 Å². The number of rotatable bonds is 2. The first-order valence-corrected chi connectivity index (χ1v) is 9.11. The lowest BCUT2D eigenvalue weighted by molar-refractivity contribution is -0.114. The van der Waals surface area contributed by atoms with Gasteiger partial charge >= 0.3 is 5.51 Å². The first-order chi connectivity index (χ1) is 11.9. The van der Waals surface area contributed by atoms with E-state index < -0.39 is 44.3 Å². The molecule has 0 radical (unpaired) electrons. The van der Waals surface area contributed by atoms with Gasteiger partial charge in [-0.2, -0.15) is 13.2 Å². The van der Waals surface area contributed by atoms with Crippen molar-refractivity contribution in [3.8, 4) is 0 Å². The quantitative estimate of drug-likeness (QED) is 0.779. The number of sulfone groups is 1. The molecule has 0 aliphatic heterocycles. The largest absolute Gasteiger partial charge is 0.501 e. The lowest BCUT2D eigenvalue weighted by atomic mass is 9.89. The average molecular weight is 396 g/mol. The highest BCUT2D eigenvalue weighted by atomic mass is 32.2. The van der Waals surface area contributed by atoms with Crippen LogP contribution >= 0.6 is 0 Å². The van der Waals surface area contributed by atoms with E-state index in [1.807, 2.05) is 0 Å². The van der Waals surface area contributed by atoms with Crippen LogP contribution in [0.4, 0.5) is 22.0 Å². The Hall–Kier alpha value is -1.81. The molecular formula is C16H13F5O4S. The van der Waals surface area contributed by atoms with Crippen LogP contribution in [0.25, 0.3) is 5.57 Å². The fraction of sp³-hybridized carbons (Fsp3) is 0.438. The van der Waals surface area contributed by atoms with E-state index in [1.54, 1.807) is 0 Å². The molecule has 1 N–H and O–H groups in total. The third-order valence-corrected chi connectivity index (χ3v) is 6.09. The minimum absolute atomic E-state index is 0.0744. The Morgan fingerprint density at radius 3 is 2.38 bits per heavy atom. The molecule has 142 valence electrons. The van der Waals surface area contributed by atoms with Crippen LogP contribution in [-0.4, -0.2) is 30.7 Å². The van der Waals surface area contributed by atoms with Crippen LogP contribution in [0, 0.1) is 0 Å². The normalized spacial score (nSPS) is 22.9. The molecule has 0 saturated heterocycles. The van der Waals surface area contributed by atoms with Crippen LogP contribution in [0.1, 0.15) is 42.1 Å². The van der Waals surface area contributed by atoms with Crippen LogP contribution in [0.15, 0.2) is 23.1 Å². The number of ketones is 1. The minimum Gasteiger partial charge on any atom is -0.382 e. The summed E-state index contributed by atoms with van der Waals surface area (Å²) in [6.07, 6.45) is -1.51. The Morgan fingerprint density at radius 2 is 1.81 bits per heavy atom. The number of aliphatic hydroxyl groups excluding tert-OH is 1. The zero-order chi connectivity index (χ0) is 19.5. The Kier molecular flexibility index (Phi) is 4.27. The predicted molar refractivity (Wildman–Crippen MR) is 80.1 cm³/mol. The smallest absolute Gasteiger partial charge is 0.382 e. The fourth-order valence-electron chi connectivity index (χ4n) is 3.34. The highest BCUT2D eigenvalue weighted by Gasteiger charge is 2.54. The molecule has 1 aromatic carbocycles. The van der Waals surface area contributed by atoms with Gasteiger partial charge in [0.2, 0.25) is 0 Å². The van der Waals surface area contributed by atoms with Crippen molar-refractivity contribution in [3.63, 3.8) is 0 Å². The van der Waals surface area contributed by atoms with Crippen LogP contribution in [0.5, 0.6) is 0 Å². The van der Waals surface area contributed by atoms with E-state index in [9.17, 15) is 40.3 Å². The molecule has 1 aromatic rings. The van der Waals surface area contributed by atoms with E-state index >= 15 is 0 Å². The summed E-state index contributed by atoms with van der Waals surface area (Å²) in [5, 5.41) is 9.83. The molecule has 0 spiro atoms. The second-order valence-electron chi connectivity index (χ2n) is 6.28. The van der Waals surface area contributed by atoms with Gasteiger partial charge in [-0.15, -0.1) is 0 Å². The van der Waals surface area contributed by atoms with E-state index in [0.717, 1.165) is 6.07 Å². The molecule has 4 nitrogen and oxygen atoms in total. The Balaban J connectivity index is 2.28. The molecular weight excluding hydrogens is 383 g/mol. The standard InChI is InChI=1S/C16H13F5O4S/c17-15(18)7-11-10(8-2-1-3-9(22)6-8)4-5-12(13(11)14(15)23)26(24,25)16(19,20)21/h4-6,14,23H,1-3,7H2. The number of carbonyl (C=O) groups excluding carboxylic acids is 1. The summed E-state index contributed by atoms with van der Waals surface area (Å²) < 4.78 is 90.2. The lowest BCUT2D eigenvalue weighted by Crippen LogP contribution is -2.26. The summed E-state index contributed by atoms with van der Waals surface area (Å²) >= 11 is 0. The van der Waals surface area contributed by atoms with E-state index in [0.29, 0.717) is 24.5 Å². The van der Waals surface area contributed by atoms with Gasteiger partial charge in [-0.3, -0.25) is 4.79 Å². The maximum atomic E-state index is 14.0. The Bertz CT molecular complexity index is 915. The van der Waals surface area contributed by atoms with Gasteiger partial charge in [0.05, 0.1) is 4.90 Å². The number of carbonyl (C=O) groups is 1. The second kappa shape index (κ2) is 5.85. The van der Waals surface area contributed by atoms with Crippen LogP contribution in [0.3, 0.4) is 0 Å². The van der Waals surface area contributed by atoms with Crippen LogP contribution in [-0.2, 0) is 21.1 Å². The number of fused-ring (bicyclic) bond motifs is 1. The molecule has 0 heterocycles. The van der Waals surface area contributed by atoms with Gasteiger partial charge in [0.25, 0.3) is 15.8 Å². The maximum absolute atomic E-state index is 14.0. The van der Waals surface area contributed by atoms with Crippen molar-refractivity contribution in [2.45, 2.75) is 48.1 Å².